The average molecular weight is 524 g/mol. The van der Waals surface area contributed by atoms with Crippen LogP contribution in [0.3, 0.4) is 0 Å². The lowest BCUT2D eigenvalue weighted by Gasteiger charge is -2.24. The molecule has 0 aliphatic carbocycles. The highest BCUT2D eigenvalue weighted by Gasteiger charge is 2.15. The molecule has 1 amide bonds. The molecule has 196 valence electrons. The predicted octanol–water partition coefficient (Wildman–Crippen LogP) is 5.79. The van der Waals surface area contributed by atoms with Crippen molar-refractivity contribution in [3.8, 4) is 16.9 Å². The van der Waals surface area contributed by atoms with Gasteiger partial charge < -0.3 is 25.4 Å². The van der Waals surface area contributed by atoms with E-state index in [1.54, 1.807) is 12.1 Å². The average Bonchev–Trinajstić information content (AvgIpc) is 2.86. The number of rotatable bonds is 12. The van der Waals surface area contributed by atoms with Crippen molar-refractivity contribution < 1.29 is 19.4 Å². The summed E-state index contributed by atoms with van der Waals surface area (Å²) in [7, 11) is 3.97. The third-order valence-corrected chi connectivity index (χ3v) is 6.30. The van der Waals surface area contributed by atoms with Crippen LogP contribution in [0.4, 0.5) is 11.4 Å². The van der Waals surface area contributed by atoms with E-state index >= 15 is 0 Å². The summed E-state index contributed by atoms with van der Waals surface area (Å²) in [5.74, 6) is -0.176. The van der Waals surface area contributed by atoms with Gasteiger partial charge in [-0.05, 0) is 60.0 Å². The lowest BCUT2D eigenvalue weighted by Crippen LogP contribution is -2.32. The second-order valence-electron chi connectivity index (χ2n) is 9.37. The Balaban J connectivity index is 1.57. The number of carbonyl (C=O) groups excluding carboxylic acids is 1. The molecule has 0 bridgehead atoms. The predicted molar refractivity (Wildman–Crippen MR) is 150 cm³/mol. The van der Waals surface area contributed by atoms with Gasteiger partial charge in [-0.1, -0.05) is 43.6 Å². The number of nitrogens with zero attached hydrogens (tertiary/aromatic N) is 1. The van der Waals surface area contributed by atoms with Crippen LogP contribution in [0.2, 0.25) is 5.02 Å². The molecule has 3 aromatic rings. The topological polar surface area (TPSA) is 90.9 Å². The van der Waals surface area contributed by atoms with Crippen molar-refractivity contribution in [2.45, 2.75) is 26.3 Å². The number of aliphatic carboxylic acids is 1. The monoisotopic (exact) mass is 523 g/mol. The smallest absolute Gasteiger partial charge is 0.305 e. The fourth-order valence-corrected chi connectivity index (χ4v) is 3.93. The van der Waals surface area contributed by atoms with Crippen LogP contribution in [-0.2, 0) is 4.79 Å². The molecule has 0 radical (unpaired) electrons. The van der Waals surface area contributed by atoms with Gasteiger partial charge in [0.05, 0.1) is 17.5 Å². The first kappa shape index (κ1) is 27.9. The van der Waals surface area contributed by atoms with E-state index in [2.05, 4.69) is 24.5 Å². The summed E-state index contributed by atoms with van der Waals surface area (Å²) < 4.78 is 6.08. The molecule has 0 aromatic heterocycles. The maximum absolute atomic E-state index is 12.1. The van der Waals surface area contributed by atoms with Gasteiger partial charge in [0.25, 0.3) is 5.91 Å². The van der Waals surface area contributed by atoms with Crippen molar-refractivity contribution in [2.24, 2.45) is 5.92 Å². The number of carboxylic acid groups (broad SMARTS) is 1. The summed E-state index contributed by atoms with van der Waals surface area (Å²) in [5.41, 5.74) is 4.39. The molecule has 1 atom stereocenters. The van der Waals surface area contributed by atoms with Crippen molar-refractivity contribution >= 4 is 34.9 Å². The molecule has 7 nitrogen and oxygen atoms in total. The fraction of sp³-hybridized carbons (Fsp3) is 0.310. The molecule has 3 aromatic carbocycles. The molecule has 3 rings (SSSR count). The maximum Gasteiger partial charge on any atom is 0.305 e. The van der Waals surface area contributed by atoms with Crippen LogP contribution in [0.25, 0.3) is 11.1 Å². The molecule has 0 saturated heterocycles. The van der Waals surface area contributed by atoms with Gasteiger partial charge in [-0.15, -0.1) is 0 Å². The maximum atomic E-state index is 12.1. The minimum Gasteiger partial charge on any atom is -0.491 e. The number of nitrogens with one attached hydrogen (secondary N) is 2. The minimum atomic E-state index is -0.947. The Morgan fingerprint density at radius 3 is 2.24 bits per heavy atom. The quantitative estimate of drug-likeness (QED) is 0.278. The van der Waals surface area contributed by atoms with E-state index in [1.807, 2.05) is 73.6 Å². The number of benzene rings is 3. The van der Waals surface area contributed by atoms with Crippen LogP contribution in [-0.4, -0.2) is 50.3 Å². The Kier molecular flexibility index (Phi) is 9.80. The van der Waals surface area contributed by atoms with E-state index in [0.29, 0.717) is 23.1 Å². The van der Waals surface area contributed by atoms with E-state index < -0.39 is 5.97 Å². The van der Waals surface area contributed by atoms with Gasteiger partial charge in [0.1, 0.15) is 12.4 Å². The Morgan fingerprint density at radius 1 is 1.00 bits per heavy atom. The molecule has 0 heterocycles. The van der Waals surface area contributed by atoms with Gasteiger partial charge in [0, 0.05) is 43.1 Å². The van der Waals surface area contributed by atoms with Crippen molar-refractivity contribution in [1.82, 2.24) is 5.32 Å². The van der Waals surface area contributed by atoms with Crippen LogP contribution in [0, 0.1) is 5.92 Å². The number of amides is 1. The molecule has 1 unspecified atom stereocenters. The van der Waals surface area contributed by atoms with E-state index in [9.17, 15) is 9.59 Å². The van der Waals surface area contributed by atoms with Crippen LogP contribution in [0.15, 0.2) is 66.7 Å². The zero-order valence-corrected chi connectivity index (χ0v) is 22.4. The lowest BCUT2D eigenvalue weighted by molar-refractivity contribution is -0.136. The second kappa shape index (κ2) is 13.0. The lowest BCUT2D eigenvalue weighted by atomic mass is 10.0. The van der Waals surface area contributed by atoms with Crippen LogP contribution in [0.5, 0.6) is 5.75 Å². The number of hydrogen-bond acceptors (Lipinski definition) is 5. The zero-order chi connectivity index (χ0) is 26.9. The number of carboxylic acids is 1. The SMILES string of the molecule is CC(C)C(COc1ccc(-c2ccc(N(C)C)cc2Cl)cc1)Nc1ccc(C(=O)NCCC(=O)O)cc1. The highest BCUT2D eigenvalue weighted by atomic mass is 35.5. The van der Waals surface area contributed by atoms with E-state index in [1.165, 1.54) is 0 Å². The first-order valence-corrected chi connectivity index (χ1v) is 12.6. The van der Waals surface area contributed by atoms with Crippen LogP contribution in [0.1, 0.15) is 30.6 Å². The summed E-state index contributed by atoms with van der Waals surface area (Å²) in [5, 5.41) is 15.5. The van der Waals surface area contributed by atoms with Crippen LogP contribution < -0.4 is 20.3 Å². The second-order valence-corrected chi connectivity index (χ2v) is 9.77. The standard InChI is InChI=1S/C29H34ClN3O4/c1-19(2)27(32-22-9-5-21(6-10-22)29(36)31-16-15-28(34)35)18-37-24-12-7-20(8-13-24)25-14-11-23(33(3)4)17-26(25)30/h5-14,17,19,27,32H,15-16,18H2,1-4H3,(H,31,36)(H,34,35). The first-order chi connectivity index (χ1) is 17.6. The van der Waals surface area contributed by atoms with E-state index in [-0.39, 0.29) is 24.9 Å². The molecule has 37 heavy (non-hydrogen) atoms. The van der Waals surface area contributed by atoms with Gasteiger partial charge in [-0.2, -0.15) is 0 Å². The summed E-state index contributed by atoms with van der Waals surface area (Å²) in [6.45, 7) is 4.80. The third kappa shape index (κ3) is 8.15. The summed E-state index contributed by atoms with van der Waals surface area (Å²) in [6.07, 6.45) is -0.109. The van der Waals surface area contributed by atoms with Crippen LogP contribution >= 0.6 is 11.6 Å². The van der Waals surface area contributed by atoms with Gasteiger partial charge in [-0.3, -0.25) is 9.59 Å². The summed E-state index contributed by atoms with van der Waals surface area (Å²) >= 11 is 6.51. The molecule has 0 aliphatic rings. The highest BCUT2D eigenvalue weighted by molar-refractivity contribution is 6.33. The van der Waals surface area contributed by atoms with Crippen molar-refractivity contribution in [3.05, 3.63) is 77.3 Å². The zero-order valence-electron chi connectivity index (χ0n) is 21.6. The van der Waals surface area contributed by atoms with Gasteiger partial charge in [0.15, 0.2) is 0 Å². The summed E-state index contributed by atoms with van der Waals surface area (Å²) in [6, 6.07) is 21.1. The highest BCUT2D eigenvalue weighted by Crippen LogP contribution is 2.32. The molecule has 3 N–H and O–H groups in total. The molecule has 0 spiro atoms. The number of carbonyl (C=O) groups is 2. The molecular weight excluding hydrogens is 490 g/mol. The van der Waals surface area contributed by atoms with Crippen molar-refractivity contribution in [1.29, 1.82) is 0 Å². The largest absolute Gasteiger partial charge is 0.491 e. The normalized spacial score (nSPS) is 11.6. The Labute approximate surface area is 223 Å². The molecule has 0 aliphatic heterocycles. The minimum absolute atomic E-state index is 0.0444. The third-order valence-electron chi connectivity index (χ3n) is 5.99. The van der Waals surface area contributed by atoms with Crippen molar-refractivity contribution in [2.75, 3.05) is 37.5 Å². The molecular formula is C29H34ClN3O4. The number of halogens is 1. The van der Waals surface area contributed by atoms with E-state index in [4.69, 9.17) is 21.4 Å². The Bertz CT molecular complexity index is 1190. The number of hydrogen-bond donors (Lipinski definition) is 3. The van der Waals surface area contributed by atoms with Gasteiger partial charge in [0.2, 0.25) is 0 Å². The Morgan fingerprint density at radius 2 is 1.68 bits per heavy atom. The van der Waals surface area contributed by atoms with Crippen molar-refractivity contribution in [3.63, 3.8) is 0 Å². The number of anilines is 2. The van der Waals surface area contributed by atoms with E-state index in [0.717, 1.165) is 28.3 Å². The number of ether oxygens (including phenoxy) is 1. The van der Waals surface area contributed by atoms with Gasteiger partial charge >= 0.3 is 5.97 Å². The Hall–Kier alpha value is -3.71. The summed E-state index contributed by atoms with van der Waals surface area (Å²) in [4.78, 5) is 24.8. The van der Waals surface area contributed by atoms with Gasteiger partial charge in [-0.25, -0.2) is 0 Å². The fourth-order valence-electron chi connectivity index (χ4n) is 3.65. The molecule has 0 saturated carbocycles. The first-order valence-electron chi connectivity index (χ1n) is 12.2. The molecule has 0 fully saturated rings. The molecule has 8 heteroatoms.